The summed E-state index contributed by atoms with van der Waals surface area (Å²) in [6, 6.07) is 14.9. The third kappa shape index (κ3) is 4.36. The van der Waals surface area contributed by atoms with Crippen LogP contribution in [-0.2, 0) is 4.79 Å². The molecule has 1 aliphatic heterocycles. The maximum atomic E-state index is 12.7. The third-order valence-corrected chi connectivity index (χ3v) is 4.97. The van der Waals surface area contributed by atoms with E-state index in [2.05, 4.69) is 4.90 Å². The summed E-state index contributed by atoms with van der Waals surface area (Å²) in [6.45, 7) is 2.46. The van der Waals surface area contributed by atoms with Crippen molar-refractivity contribution >= 4 is 40.9 Å². The quantitative estimate of drug-likeness (QED) is 0.624. The molecule has 1 saturated heterocycles. The van der Waals surface area contributed by atoms with Gasteiger partial charge in [0.05, 0.1) is 10.0 Å². The van der Waals surface area contributed by atoms with E-state index in [4.69, 9.17) is 23.2 Å². The van der Waals surface area contributed by atoms with Crippen LogP contribution in [0.2, 0.25) is 10.0 Å². The molecule has 0 atom stereocenters. The smallest absolute Gasteiger partial charge is 0.264 e. The Morgan fingerprint density at radius 1 is 1.07 bits per heavy atom. The molecular weight excluding hydrogens is 385 g/mol. The molecule has 0 aliphatic carbocycles. The van der Waals surface area contributed by atoms with E-state index in [1.807, 2.05) is 36.4 Å². The van der Waals surface area contributed by atoms with Gasteiger partial charge in [-0.15, -0.1) is 0 Å². The Kier molecular flexibility index (Phi) is 5.90. The predicted octanol–water partition coefficient (Wildman–Crippen LogP) is 3.95. The zero-order valence-electron chi connectivity index (χ0n) is 14.4. The summed E-state index contributed by atoms with van der Waals surface area (Å²) in [5.74, 6) is -0.553. The highest BCUT2D eigenvalue weighted by atomic mass is 35.5. The van der Waals surface area contributed by atoms with Gasteiger partial charge >= 0.3 is 0 Å². The predicted molar refractivity (Wildman–Crippen MR) is 107 cm³/mol. The van der Waals surface area contributed by atoms with Gasteiger partial charge in [-0.2, -0.15) is 5.26 Å². The molecule has 0 bridgehead atoms. The van der Waals surface area contributed by atoms with Crippen LogP contribution in [0.25, 0.3) is 6.08 Å². The number of hydrogen-bond donors (Lipinski definition) is 1. The van der Waals surface area contributed by atoms with Crippen molar-refractivity contribution in [2.75, 3.05) is 31.1 Å². The molecule has 0 spiro atoms. The second-order valence-electron chi connectivity index (χ2n) is 6.12. The SMILES string of the molecule is N#C/C(=C/c1cc(Cl)c(O)c(Cl)c1)C(=O)N1CCN(c2ccccc2)CC1. The average Bonchev–Trinajstić information content (AvgIpc) is 2.70. The van der Waals surface area contributed by atoms with Crippen molar-refractivity contribution in [3.05, 3.63) is 63.6 Å². The Labute approximate surface area is 167 Å². The first-order chi connectivity index (χ1) is 13.0. The maximum Gasteiger partial charge on any atom is 0.264 e. The Morgan fingerprint density at radius 2 is 1.67 bits per heavy atom. The van der Waals surface area contributed by atoms with E-state index in [1.165, 1.54) is 18.2 Å². The van der Waals surface area contributed by atoms with Crippen LogP contribution >= 0.6 is 23.2 Å². The van der Waals surface area contributed by atoms with E-state index in [0.29, 0.717) is 31.7 Å². The van der Waals surface area contributed by atoms with Crippen LogP contribution in [0, 0.1) is 11.3 Å². The number of nitrogens with zero attached hydrogens (tertiary/aromatic N) is 3. The molecule has 0 aromatic heterocycles. The summed E-state index contributed by atoms with van der Waals surface area (Å²) in [6.07, 6.45) is 1.43. The highest BCUT2D eigenvalue weighted by Crippen LogP contribution is 2.33. The normalized spacial score (nSPS) is 14.8. The molecule has 0 unspecified atom stereocenters. The lowest BCUT2D eigenvalue weighted by Gasteiger charge is -2.36. The second kappa shape index (κ2) is 8.34. The summed E-state index contributed by atoms with van der Waals surface area (Å²) >= 11 is 11.8. The van der Waals surface area contributed by atoms with E-state index >= 15 is 0 Å². The van der Waals surface area contributed by atoms with Crippen LogP contribution in [0.15, 0.2) is 48.0 Å². The maximum absolute atomic E-state index is 12.7. The molecule has 1 fully saturated rings. The number of aromatic hydroxyl groups is 1. The molecule has 0 saturated carbocycles. The molecule has 3 rings (SSSR count). The van der Waals surface area contributed by atoms with E-state index < -0.39 is 0 Å². The number of phenols is 1. The van der Waals surface area contributed by atoms with Gasteiger partial charge in [-0.3, -0.25) is 4.79 Å². The lowest BCUT2D eigenvalue weighted by molar-refractivity contribution is -0.126. The zero-order valence-corrected chi connectivity index (χ0v) is 15.9. The number of hydrogen-bond acceptors (Lipinski definition) is 4. The summed E-state index contributed by atoms with van der Waals surface area (Å²) in [7, 11) is 0. The largest absolute Gasteiger partial charge is 0.505 e. The lowest BCUT2D eigenvalue weighted by Crippen LogP contribution is -2.49. The van der Waals surface area contributed by atoms with Crippen LogP contribution in [-0.4, -0.2) is 42.1 Å². The van der Waals surface area contributed by atoms with E-state index in [1.54, 1.807) is 4.90 Å². The molecule has 1 aliphatic rings. The van der Waals surface area contributed by atoms with Crippen molar-refractivity contribution < 1.29 is 9.90 Å². The molecule has 2 aromatic carbocycles. The summed E-state index contributed by atoms with van der Waals surface area (Å²) in [5, 5.41) is 19.2. The van der Waals surface area contributed by atoms with E-state index in [9.17, 15) is 15.2 Å². The third-order valence-electron chi connectivity index (χ3n) is 4.39. The Morgan fingerprint density at radius 3 is 2.22 bits per heavy atom. The van der Waals surface area contributed by atoms with Crippen LogP contribution < -0.4 is 4.90 Å². The van der Waals surface area contributed by atoms with Crippen molar-refractivity contribution in [2.24, 2.45) is 0 Å². The number of piperazine rings is 1. The molecule has 5 nitrogen and oxygen atoms in total. The van der Waals surface area contributed by atoms with Crippen molar-refractivity contribution in [3.8, 4) is 11.8 Å². The van der Waals surface area contributed by atoms with Gasteiger partial charge in [-0.05, 0) is 35.9 Å². The first-order valence-corrected chi connectivity index (χ1v) is 9.14. The number of carbonyl (C=O) groups excluding carboxylic acids is 1. The van der Waals surface area contributed by atoms with Gasteiger partial charge in [0, 0.05) is 31.9 Å². The lowest BCUT2D eigenvalue weighted by atomic mass is 10.1. The van der Waals surface area contributed by atoms with Crippen molar-refractivity contribution in [1.82, 2.24) is 4.90 Å². The number of nitriles is 1. The highest BCUT2D eigenvalue weighted by molar-refractivity contribution is 6.37. The highest BCUT2D eigenvalue weighted by Gasteiger charge is 2.24. The van der Waals surface area contributed by atoms with Crippen LogP contribution in [0.1, 0.15) is 5.56 Å². The number of phenolic OH excluding ortho intramolecular Hbond substituents is 1. The Hall–Kier alpha value is -2.68. The number of carbonyl (C=O) groups is 1. The number of anilines is 1. The van der Waals surface area contributed by atoms with Gasteiger partial charge in [0.25, 0.3) is 5.91 Å². The monoisotopic (exact) mass is 401 g/mol. The molecule has 27 heavy (non-hydrogen) atoms. The van der Waals surface area contributed by atoms with Gasteiger partial charge < -0.3 is 14.9 Å². The summed E-state index contributed by atoms with van der Waals surface area (Å²) < 4.78 is 0. The standard InChI is InChI=1S/C20H17Cl2N3O2/c21-17-11-14(12-18(22)19(17)26)10-15(13-23)20(27)25-8-6-24(7-9-25)16-4-2-1-3-5-16/h1-5,10-12,26H,6-9H2/b15-10-. The number of amides is 1. The van der Waals surface area contributed by atoms with Gasteiger partial charge in [-0.1, -0.05) is 41.4 Å². The van der Waals surface area contributed by atoms with Gasteiger partial charge in [-0.25, -0.2) is 0 Å². The van der Waals surface area contributed by atoms with Gasteiger partial charge in [0.2, 0.25) is 0 Å². The number of rotatable bonds is 3. The number of benzene rings is 2. The minimum Gasteiger partial charge on any atom is -0.505 e. The van der Waals surface area contributed by atoms with E-state index in [-0.39, 0.29) is 27.3 Å². The average molecular weight is 402 g/mol. The number of para-hydroxylation sites is 1. The minimum atomic E-state index is -0.328. The topological polar surface area (TPSA) is 67.6 Å². The number of halogens is 2. The van der Waals surface area contributed by atoms with Gasteiger partial charge in [0.1, 0.15) is 11.6 Å². The van der Waals surface area contributed by atoms with Gasteiger partial charge in [0.15, 0.2) is 5.75 Å². The van der Waals surface area contributed by atoms with Crippen molar-refractivity contribution in [1.29, 1.82) is 5.26 Å². The molecule has 1 amide bonds. The fourth-order valence-corrected chi connectivity index (χ4v) is 3.46. The molecule has 1 N–H and O–H groups in total. The Bertz CT molecular complexity index is 892. The van der Waals surface area contributed by atoms with Crippen LogP contribution in [0.4, 0.5) is 5.69 Å². The molecule has 0 radical (unpaired) electrons. The molecule has 138 valence electrons. The summed E-state index contributed by atoms with van der Waals surface area (Å²) in [5.41, 5.74) is 1.60. The first kappa shape index (κ1) is 19.1. The summed E-state index contributed by atoms with van der Waals surface area (Å²) in [4.78, 5) is 16.6. The molecular formula is C20H17Cl2N3O2. The minimum absolute atomic E-state index is 0.000911. The van der Waals surface area contributed by atoms with Crippen LogP contribution in [0.3, 0.4) is 0 Å². The fraction of sp³-hybridized carbons (Fsp3) is 0.200. The Balaban J connectivity index is 1.72. The fourth-order valence-electron chi connectivity index (χ4n) is 2.95. The zero-order chi connectivity index (χ0) is 19.4. The molecule has 7 heteroatoms. The first-order valence-electron chi connectivity index (χ1n) is 8.38. The van der Waals surface area contributed by atoms with Crippen molar-refractivity contribution in [3.63, 3.8) is 0 Å². The molecule has 1 heterocycles. The second-order valence-corrected chi connectivity index (χ2v) is 6.93. The molecule has 2 aromatic rings. The van der Waals surface area contributed by atoms with Crippen molar-refractivity contribution in [2.45, 2.75) is 0 Å². The van der Waals surface area contributed by atoms with E-state index in [0.717, 1.165) is 5.69 Å². The van der Waals surface area contributed by atoms with Crippen LogP contribution in [0.5, 0.6) is 5.75 Å².